The quantitative estimate of drug-likeness (QED) is 0.664. The zero-order chi connectivity index (χ0) is 24.5. The Balaban J connectivity index is 2.00. The van der Waals surface area contributed by atoms with Gasteiger partial charge in [0.2, 0.25) is 5.95 Å². The number of hydrogen-bond acceptors (Lipinski definition) is 6. The van der Waals surface area contributed by atoms with E-state index >= 15 is 0 Å². The SMILES string of the molecule is CC(C)=CCn1c(NC2CCCCC2NC(=O)OC(C)(C)C)nc2c1c(=O)n(C)c(=O)n2C. The van der Waals surface area contributed by atoms with Crippen LogP contribution in [0.25, 0.3) is 11.2 Å². The van der Waals surface area contributed by atoms with Gasteiger partial charge in [0.05, 0.1) is 6.04 Å². The second-order valence-electron chi connectivity index (χ2n) is 9.99. The van der Waals surface area contributed by atoms with E-state index in [-0.39, 0.29) is 17.6 Å². The number of amides is 1. The summed E-state index contributed by atoms with van der Waals surface area (Å²) in [7, 11) is 3.08. The van der Waals surface area contributed by atoms with E-state index in [4.69, 9.17) is 4.74 Å². The van der Waals surface area contributed by atoms with Crippen LogP contribution in [-0.4, -0.2) is 42.5 Å². The minimum atomic E-state index is -0.579. The fourth-order valence-electron chi connectivity index (χ4n) is 4.11. The highest BCUT2D eigenvalue weighted by molar-refractivity contribution is 5.74. The summed E-state index contributed by atoms with van der Waals surface area (Å²) in [4.78, 5) is 42.5. The molecule has 0 spiro atoms. The zero-order valence-corrected chi connectivity index (χ0v) is 20.7. The van der Waals surface area contributed by atoms with Crippen LogP contribution in [0.15, 0.2) is 21.2 Å². The Kier molecular flexibility index (Phi) is 7.04. The first-order valence-corrected chi connectivity index (χ1v) is 11.4. The van der Waals surface area contributed by atoms with Gasteiger partial charge in [0.25, 0.3) is 5.56 Å². The van der Waals surface area contributed by atoms with Gasteiger partial charge in [0.1, 0.15) is 5.60 Å². The van der Waals surface area contributed by atoms with Crippen LogP contribution in [0.2, 0.25) is 0 Å². The van der Waals surface area contributed by atoms with E-state index in [0.29, 0.717) is 23.7 Å². The van der Waals surface area contributed by atoms with E-state index in [2.05, 4.69) is 15.6 Å². The fraction of sp³-hybridized carbons (Fsp3) is 0.652. The average molecular weight is 461 g/mol. The lowest BCUT2D eigenvalue weighted by atomic mass is 9.90. The highest BCUT2D eigenvalue weighted by atomic mass is 16.6. The molecule has 2 heterocycles. The maximum absolute atomic E-state index is 13.0. The number of carbonyl (C=O) groups is 1. The minimum Gasteiger partial charge on any atom is -0.444 e. The molecule has 2 N–H and O–H groups in total. The number of alkyl carbamates (subject to hydrolysis) is 1. The molecule has 0 saturated heterocycles. The van der Waals surface area contributed by atoms with Gasteiger partial charge >= 0.3 is 11.8 Å². The molecule has 0 radical (unpaired) electrons. The molecule has 2 atom stereocenters. The van der Waals surface area contributed by atoms with Gasteiger partial charge in [-0.2, -0.15) is 4.98 Å². The average Bonchev–Trinajstić information content (AvgIpc) is 3.07. The van der Waals surface area contributed by atoms with Gasteiger partial charge in [-0.25, -0.2) is 9.59 Å². The molecule has 1 saturated carbocycles. The van der Waals surface area contributed by atoms with Gasteiger partial charge in [-0.15, -0.1) is 0 Å². The molecular formula is C23H36N6O4. The largest absolute Gasteiger partial charge is 0.444 e. The number of anilines is 1. The van der Waals surface area contributed by atoms with E-state index in [1.165, 1.54) is 11.6 Å². The number of imidazole rings is 1. The van der Waals surface area contributed by atoms with Crippen molar-refractivity contribution in [1.82, 2.24) is 24.0 Å². The van der Waals surface area contributed by atoms with Crippen LogP contribution in [0.1, 0.15) is 60.3 Å². The molecular weight excluding hydrogens is 424 g/mol. The second kappa shape index (κ2) is 9.44. The molecule has 2 aromatic heterocycles. The van der Waals surface area contributed by atoms with Crippen molar-refractivity contribution in [2.75, 3.05) is 5.32 Å². The molecule has 10 nitrogen and oxygen atoms in total. The standard InChI is InChI=1S/C23H36N6O4/c1-14(2)12-13-29-17-18(27(6)22(32)28(7)19(17)30)26-20(29)24-15-10-8-9-11-16(15)25-21(31)33-23(3,4)5/h12,15-16H,8-11,13H2,1-7H3,(H,24,26)(H,25,31). The van der Waals surface area contributed by atoms with Gasteiger partial charge in [0, 0.05) is 26.7 Å². The molecule has 1 aliphatic carbocycles. The van der Waals surface area contributed by atoms with E-state index in [1.54, 1.807) is 7.05 Å². The Morgan fingerprint density at radius 3 is 2.36 bits per heavy atom. The Morgan fingerprint density at radius 1 is 1.12 bits per heavy atom. The topological polar surface area (TPSA) is 112 Å². The number of hydrogen-bond donors (Lipinski definition) is 2. The number of ether oxygens (including phenoxy) is 1. The highest BCUT2D eigenvalue weighted by Gasteiger charge is 2.30. The normalized spacial score (nSPS) is 18.8. The lowest BCUT2D eigenvalue weighted by molar-refractivity contribution is 0.0488. The summed E-state index contributed by atoms with van der Waals surface area (Å²) in [5, 5.41) is 6.46. The summed E-state index contributed by atoms with van der Waals surface area (Å²) in [5.41, 5.74) is 0.417. The van der Waals surface area contributed by atoms with Crippen LogP contribution in [0.5, 0.6) is 0 Å². The summed E-state index contributed by atoms with van der Waals surface area (Å²) < 4.78 is 9.74. The molecule has 1 aliphatic rings. The first-order valence-electron chi connectivity index (χ1n) is 11.4. The lowest BCUT2D eigenvalue weighted by Crippen LogP contribution is -2.50. The number of aryl methyl sites for hydroxylation is 1. The van der Waals surface area contributed by atoms with Crippen molar-refractivity contribution in [2.45, 2.75) is 84.5 Å². The van der Waals surface area contributed by atoms with Crippen LogP contribution in [0.4, 0.5) is 10.7 Å². The van der Waals surface area contributed by atoms with Crippen LogP contribution in [0, 0.1) is 0 Å². The van der Waals surface area contributed by atoms with E-state index in [9.17, 15) is 14.4 Å². The van der Waals surface area contributed by atoms with Crippen LogP contribution < -0.4 is 21.9 Å². The number of nitrogens with zero attached hydrogens (tertiary/aromatic N) is 4. The molecule has 1 fully saturated rings. The molecule has 3 rings (SSSR count). The molecule has 2 aromatic rings. The van der Waals surface area contributed by atoms with Crippen LogP contribution >= 0.6 is 0 Å². The smallest absolute Gasteiger partial charge is 0.407 e. The van der Waals surface area contributed by atoms with Crippen molar-refractivity contribution in [1.29, 1.82) is 0 Å². The number of rotatable bonds is 5. The van der Waals surface area contributed by atoms with Gasteiger partial charge in [-0.3, -0.25) is 13.9 Å². The summed E-state index contributed by atoms with van der Waals surface area (Å²) >= 11 is 0. The molecule has 182 valence electrons. The second-order valence-corrected chi connectivity index (χ2v) is 9.99. The van der Waals surface area contributed by atoms with Crippen molar-refractivity contribution in [3.8, 4) is 0 Å². The van der Waals surface area contributed by atoms with Crippen molar-refractivity contribution >= 4 is 23.2 Å². The number of fused-ring (bicyclic) bond motifs is 1. The molecule has 0 aliphatic heterocycles. The third-order valence-electron chi connectivity index (χ3n) is 5.81. The summed E-state index contributed by atoms with van der Waals surface area (Å²) in [6.45, 7) is 9.91. The zero-order valence-electron chi connectivity index (χ0n) is 20.7. The van der Waals surface area contributed by atoms with Crippen molar-refractivity contribution in [2.24, 2.45) is 14.1 Å². The number of carbonyl (C=O) groups excluding carboxylic acids is 1. The van der Waals surface area contributed by atoms with Crippen LogP contribution in [-0.2, 0) is 25.4 Å². The van der Waals surface area contributed by atoms with Gasteiger partial charge in [-0.1, -0.05) is 24.5 Å². The Hall–Kier alpha value is -3.04. The highest BCUT2D eigenvalue weighted by Crippen LogP contribution is 2.24. The lowest BCUT2D eigenvalue weighted by Gasteiger charge is -2.33. The number of nitrogens with one attached hydrogen (secondary N) is 2. The van der Waals surface area contributed by atoms with Crippen molar-refractivity contribution in [3.63, 3.8) is 0 Å². The number of aromatic nitrogens is 4. The van der Waals surface area contributed by atoms with E-state index < -0.39 is 17.4 Å². The molecule has 0 bridgehead atoms. The summed E-state index contributed by atoms with van der Waals surface area (Å²) in [6.07, 6.45) is 5.22. The predicted molar refractivity (Wildman–Crippen MR) is 129 cm³/mol. The van der Waals surface area contributed by atoms with Gasteiger partial charge in [-0.05, 0) is 47.5 Å². The summed E-state index contributed by atoms with van der Waals surface area (Å²) in [6, 6.07) is -0.230. The third kappa shape index (κ3) is 5.48. The minimum absolute atomic E-state index is 0.0885. The first-order chi connectivity index (χ1) is 15.4. The molecule has 2 unspecified atom stereocenters. The Labute approximate surface area is 193 Å². The first kappa shape index (κ1) is 24.6. The predicted octanol–water partition coefficient (Wildman–Crippen LogP) is 2.65. The third-order valence-corrected chi connectivity index (χ3v) is 5.81. The van der Waals surface area contributed by atoms with E-state index in [0.717, 1.165) is 35.8 Å². The molecule has 1 amide bonds. The van der Waals surface area contributed by atoms with Crippen LogP contribution in [0.3, 0.4) is 0 Å². The Bertz CT molecular complexity index is 1180. The monoisotopic (exact) mass is 460 g/mol. The summed E-state index contributed by atoms with van der Waals surface area (Å²) in [5.74, 6) is 0.503. The molecule has 10 heteroatoms. The molecule has 33 heavy (non-hydrogen) atoms. The Morgan fingerprint density at radius 2 is 1.76 bits per heavy atom. The fourth-order valence-corrected chi connectivity index (χ4v) is 4.11. The van der Waals surface area contributed by atoms with Crippen molar-refractivity contribution in [3.05, 3.63) is 32.5 Å². The maximum atomic E-state index is 13.0. The van der Waals surface area contributed by atoms with Gasteiger partial charge in [0.15, 0.2) is 11.2 Å². The van der Waals surface area contributed by atoms with Crippen molar-refractivity contribution < 1.29 is 9.53 Å². The molecule has 0 aromatic carbocycles. The number of allylic oxidation sites excluding steroid dienone is 2. The maximum Gasteiger partial charge on any atom is 0.407 e. The van der Waals surface area contributed by atoms with Gasteiger partial charge < -0.3 is 19.9 Å². The van der Waals surface area contributed by atoms with E-state index in [1.807, 2.05) is 45.3 Å².